The SMILES string of the molecule is C=N/C=C\c1c(C)cccc1NS(=O)(=O)c1cccc(Cl)c1. The van der Waals surface area contributed by atoms with E-state index in [0.29, 0.717) is 10.7 Å². The highest BCUT2D eigenvalue weighted by Crippen LogP contribution is 2.25. The number of nitrogens with zero attached hydrogens (tertiary/aromatic N) is 1. The highest BCUT2D eigenvalue weighted by atomic mass is 35.5. The van der Waals surface area contributed by atoms with Gasteiger partial charge in [-0.05, 0) is 49.5 Å². The minimum absolute atomic E-state index is 0.110. The first kappa shape index (κ1) is 16.3. The van der Waals surface area contributed by atoms with Crippen molar-refractivity contribution < 1.29 is 8.42 Å². The number of hydrogen-bond acceptors (Lipinski definition) is 3. The summed E-state index contributed by atoms with van der Waals surface area (Å²) >= 11 is 5.86. The largest absolute Gasteiger partial charge is 0.279 e. The zero-order chi connectivity index (χ0) is 16.2. The molecule has 0 bridgehead atoms. The van der Waals surface area contributed by atoms with Crippen molar-refractivity contribution in [3.05, 3.63) is 64.8 Å². The molecule has 0 saturated heterocycles. The summed E-state index contributed by atoms with van der Waals surface area (Å²) in [6, 6.07) is 11.5. The van der Waals surface area contributed by atoms with Crippen LogP contribution < -0.4 is 4.72 Å². The number of sulfonamides is 1. The summed E-state index contributed by atoms with van der Waals surface area (Å²) in [5.74, 6) is 0. The van der Waals surface area contributed by atoms with Crippen LogP contribution in [0.5, 0.6) is 0 Å². The molecule has 114 valence electrons. The number of rotatable bonds is 5. The van der Waals surface area contributed by atoms with Crippen LogP contribution in [0.2, 0.25) is 5.02 Å². The summed E-state index contributed by atoms with van der Waals surface area (Å²) in [6.07, 6.45) is 3.22. The van der Waals surface area contributed by atoms with Gasteiger partial charge in [-0.2, -0.15) is 0 Å². The van der Waals surface area contributed by atoms with Gasteiger partial charge in [0.15, 0.2) is 0 Å². The van der Waals surface area contributed by atoms with E-state index < -0.39 is 10.0 Å². The van der Waals surface area contributed by atoms with E-state index in [1.807, 2.05) is 13.0 Å². The fourth-order valence-electron chi connectivity index (χ4n) is 1.96. The van der Waals surface area contributed by atoms with Gasteiger partial charge in [-0.3, -0.25) is 9.71 Å². The minimum Gasteiger partial charge on any atom is -0.279 e. The Morgan fingerprint density at radius 3 is 2.64 bits per heavy atom. The predicted molar refractivity (Wildman–Crippen MR) is 92.0 cm³/mol. The van der Waals surface area contributed by atoms with Gasteiger partial charge in [0.1, 0.15) is 0 Å². The zero-order valence-electron chi connectivity index (χ0n) is 12.0. The van der Waals surface area contributed by atoms with Gasteiger partial charge in [0, 0.05) is 16.8 Å². The Hall–Kier alpha value is -2.11. The van der Waals surface area contributed by atoms with Gasteiger partial charge in [-0.1, -0.05) is 29.8 Å². The van der Waals surface area contributed by atoms with Crippen LogP contribution in [0.25, 0.3) is 6.08 Å². The first-order chi connectivity index (χ1) is 10.4. The Kier molecular flexibility index (Phi) is 5.00. The van der Waals surface area contributed by atoms with Crippen LogP contribution in [0.15, 0.2) is 58.6 Å². The molecule has 0 aliphatic carbocycles. The number of anilines is 1. The Bertz CT molecular complexity index is 830. The summed E-state index contributed by atoms with van der Waals surface area (Å²) < 4.78 is 27.5. The van der Waals surface area contributed by atoms with Crippen molar-refractivity contribution in [1.82, 2.24) is 0 Å². The van der Waals surface area contributed by atoms with Gasteiger partial charge in [0.2, 0.25) is 0 Å². The highest BCUT2D eigenvalue weighted by molar-refractivity contribution is 7.92. The van der Waals surface area contributed by atoms with E-state index in [4.69, 9.17) is 11.6 Å². The van der Waals surface area contributed by atoms with E-state index in [0.717, 1.165) is 11.1 Å². The van der Waals surface area contributed by atoms with Crippen LogP contribution in [-0.4, -0.2) is 15.1 Å². The lowest BCUT2D eigenvalue weighted by Crippen LogP contribution is -2.14. The second-order valence-corrected chi connectivity index (χ2v) is 6.72. The van der Waals surface area contributed by atoms with Gasteiger partial charge in [0.05, 0.1) is 10.6 Å². The molecule has 0 spiro atoms. The van der Waals surface area contributed by atoms with Crippen molar-refractivity contribution in [1.29, 1.82) is 0 Å². The van der Waals surface area contributed by atoms with Gasteiger partial charge in [-0.15, -0.1) is 0 Å². The first-order valence-electron chi connectivity index (χ1n) is 6.44. The van der Waals surface area contributed by atoms with Crippen LogP contribution in [0.1, 0.15) is 11.1 Å². The minimum atomic E-state index is -3.71. The van der Waals surface area contributed by atoms with Crippen molar-refractivity contribution in [2.75, 3.05) is 4.72 Å². The molecule has 6 heteroatoms. The van der Waals surface area contributed by atoms with Crippen molar-refractivity contribution in [2.24, 2.45) is 4.99 Å². The van der Waals surface area contributed by atoms with Gasteiger partial charge in [0.25, 0.3) is 10.0 Å². The first-order valence-corrected chi connectivity index (χ1v) is 8.30. The maximum absolute atomic E-state index is 12.5. The normalized spacial score (nSPS) is 11.5. The third-order valence-electron chi connectivity index (χ3n) is 3.02. The molecule has 0 amide bonds. The van der Waals surface area contributed by atoms with Crippen molar-refractivity contribution in [3.8, 4) is 0 Å². The molecule has 0 fully saturated rings. The summed E-state index contributed by atoms with van der Waals surface area (Å²) in [5, 5.41) is 0.364. The van der Waals surface area contributed by atoms with Crippen molar-refractivity contribution in [3.63, 3.8) is 0 Å². The maximum Gasteiger partial charge on any atom is 0.261 e. The van der Waals surface area contributed by atoms with E-state index in [1.54, 1.807) is 30.3 Å². The predicted octanol–water partition coefficient (Wildman–Crippen LogP) is 4.12. The topological polar surface area (TPSA) is 58.5 Å². The second kappa shape index (κ2) is 6.77. The van der Waals surface area contributed by atoms with Crippen LogP contribution >= 0.6 is 11.6 Å². The Morgan fingerprint density at radius 2 is 1.95 bits per heavy atom. The molecule has 4 nitrogen and oxygen atoms in total. The molecular formula is C16H15ClN2O2S. The Labute approximate surface area is 135 Å². The third kappa shape index (κ3) is 3.75. The standard InChI is InChI=1S/C16H15ClN2O2S/c1-12-5-3-8-16(15(12)9-10-18-2)19-22(20,21)14-7-4-6-13(17)11-14/h3-11,19H,2H2,1H3/b10-9-. The second-order valence-electron chi connectivity index (χ2n) is 4.60. The molecule has 0 saturated carbocycles. The van der Waals surface area contributed by atoms with E-state index in [-0.39, 0.29) is 4.90 Å². The molecule has 0 aliphatic rings. The lowest BCUT2D eigenvalue weighted by Gasteiger charge is -2.12. The molecule has 0 atom stereocenters. The van der Waals surface area contributed by atoms with E-state index in [9.17, 15) is 8.42 Å². The lowest BCUT2D eigenvalue weighted by molar-refractivity contribution is 0.601. The van der Waals surface area contributed by atoms with Gasteiger partial charge >= 0.3 is 0 Å². The Balaban J connectivity index is 2.44. The molecule has 22 heavy (non-hydrogen) atoms. The highest BCUT2D eigenvalue weighted by Gasteiger charge is 2.16. The van der Waals surface area contributed by atoms with Crippen LogP contribution in [0.3, 0.4) is 0 Å². The number of nitrogens with one attached hydrogen (secondary N) is 1. The molecular weight excluding hydrogens is 320 g/mol. The van der Waals surface area contributed by atoms with Crippen LogP contribution in [0, 0.1) is 6.92 Å². The number of hydrogen-bond donors (Lipinski definition) is 1. The molecule has 0 aromatic heterocycles. The monoisotopic (exact) mass is 334 g/mol. The summed E-state index contributed by atoms with van der Waals surface area (Å²) in [6.45, 7) is 5.27. The average Bonchev–Trinajstić information content (AvgIpc) is 2.46. The summed E-state index contributed by atoms with van der Waals surface area (Å²) in [5.41, 5.74) is 2.13. The van der Waals surface area contributed by atoms with Crippen molar-refractivity contribution >= 4 is 40.1 Å². The molecule has 0 aliphatic heterocycles. The number of aliphatic imine (C=N–C) groups is 1. The number of halogens is 1. The quantitative estimate of drug-likeness (QED) is 0.836. The fourth-order valence-corrected chi connectivity index (χ4v) is 3.34. The van der Waals surface area contributed by atoms with Crippen molar-refractivity contribution in [2.45, 2.75) is 11.8 Å². The number of aryl methyl sites for hydroxylation is 1. The molecule has 2 aromatic rings. The Morgan fingerprint density at radius 1 is 1.23 bits per heavy atom. The zero-order valence-corrected chi connectivity index (χ0v) is 13.5. The smallest absolute Gasteiger partial charge is 0.261 e. The van der Waals surface area contributed by atoms with E-state index >= 15 is 0 Å². The number of benzene rings is 2. The summed E-state index contributed by atoms with van der Waals surface area (Å²) in [7, 11) is -3.71. The molecule has 0 unspecified atom stereocenters. The van der Waals surface area contributed by atoms with E-state index in [1.165, 1.54) is 18.3 Å². The molecule has 0 heterocycles. The lowest BCUT2D eigenvalue weighted by atomic mass is 10.1. The third-order valence-corrected chi connectivity index (χ3v) is 4.62. The molecule has 2 aromatic carbocycles. The van der Waals surface area contributed by atoms with Crippen LogP contribution in [0.4, 0.5) is 5.69 Å². The molecule has 2 rings (SSSR count). The van der Waals surface area contributed by atoms with Gasteiger partial charge in [-0.25, -0.2) is 8.42 Å². The van der Waals surface area contributed by atoms with Crippen LogP contribution in [-0.2, 0) is 10.0 Å². The summed E-state index contributed by atoms with van der Waals surface area (Å²) in [4.78, 5) is 3.76. The fraction of sp³-hybridized carbons (Fsp3) is 0.0625. The molecule has 0 radical (unpaired) electrons. The average molecular weight is 335 g/mol. The maximum atomic E-state index is 12.5. The van der Waals surface area contributed by atoms with Gasteiger partial charge < -0.3 is 0 Å². The van der Waals surface area contributed by atoms with E-state index in [2.05, 4.69) is 16.4 Å². The molecule has 1 N–H and O–H groups in total.